The summed E-state index contributed by atoms with van der Waals surface area (Å²) in [7, 11) is 3.79. The van der Waals surface area contributed by atoms with Gasteiger partial charge in [0.2, 0.25) is 0 Å². The van der Waals surface area contributed by atoms with Crippen molar-refractivity contribution in [2.24, 2.45) is 4.99 Å². The quantitative estimate of drug-likeness (QED) is 0.537. The van der Waals surface area contributed by atoms with Gasteiger partial charge in [-0.1, -0.05) is 30.3 Å². The van der Waals surface area contributed by atoms with Gasteiger partial charge in [0.25, 0.3) is 11.7 Å². The van der Waals surface area contributed by atoms with E-state index in [0.717, 1.165) is 11.3 Å². The molecule has 0 unspecified atom stereocenters. The zero-order chi connectivity index (χ0) is 13.9. The Morgan fingerprint density at radius 2 is 1.95 bits per heavy atom. The molecule has 0 saturated carbocycles. The molecular formula is C14H14N6. The first-order valence-corrected chi connectivity index (χ1v) is 6.22. The lowest BCUT2D eigenvalue weighted by molar-refractivity contribution is 0.642. The van der Waals surface area contributed by atoms with Gasteiger partial charge in [-0.2, -0.15) is 9.50 Å². The zero-order valence-corrected chi connectivity index (χ0v) is 11.3. The number of aliphatic imine (C=N–C) groups is 1. The second-order valence-electron chi connectivity index (χ2n) is 4.53. The molecule has 2 heterocycles. The van der Waals surface area contributed by atoms with E-state index in [1.165, 1.54) is 0 Å². The van der Waals surface area contributed by atoms with Crippen molar-refractivity contribution >= 4 is 18.1 Å². The summed E-state index contributed by atoms with van der Waals surface area (Å²) in [5.41, 5.74) is 2.00. The Bertz CT molecular complexity index is 745. The van der Waals surface area contributed by atoms with E-state index in [1.54, 1.807) is 17.1 Å². The highest BCUT2D eigenvalue weighted by Gasteiger charge is 2.08. The molecule has 0 atom stereocenters. The van der Waals surface area contributed by atoms with Gasteiger partial charge < -0.3 is 4.90 Å². The molecule has 3 aromatic rings. The Morgan fingerprint density at radius 1 is 1.15 bits per heavy atom. The monoisotopic (exact) mass is 266 g/mol. The average Bonchev–Trinajstić information content (AvgIpc) is 2.89. The van der Waals surface area contributed by atoms with Gasteiger partial charge in [0.05, 0.1) is 12.0 Å². The van der Waals surface area contributed by atoms with Gasteiger partial charge in [0.1, 0.15) is 0 Å². The SMILES string of the molecule is CN(C)C=Nc1nc2nccc(-c3ccccc3)n2n1. The summed E-state index contributed by atoms with van der Waals surface area (Å²) in [5, 5.41) is 4.38. The lowest BCUT2D eigenvalue weighted by Crippen LogP contribution is -2.07. The van der Waals surface area contributed by atoms with Crippen LogP contribution in [0.1, 0.15) is 0 Å². The van der Waals surface area contributed by atoms with Crippen LogP contribution in [0.25, 0.3) is 17.0 Å². The summed E-state index contributed by atoms with van der Waals surface area (Å²) in [6.45, 7) is 0. The van der Waals surface area contributed by atoms with Crippen molar-refractivity contribution in [3.8, 4) is 11.3 Å². The molecule has 0 spiro atoms. The van der Waals surface area contributed by atoms with Crippen LogP contribution in [-0.2, 0) is 0 Å². The normalized spacial score (nSPS) is 11.3. The summed E-state index contributed by atoms with van der Waals surface area (Å²) in [6, 6.07) is 11.9. The molecule has 0 aliphatic heterocycles. The predicted molar refractivity (Wildman–Crippen MR) is 78.1 cm³/mol. The lowest BCUT2D eigenvalue weighted by atomic mass is 10.1. The molecule has 3 rings (SSSR count). The van der Waals surface area contributed by atoms with E-state index in [-0.39, 0.29) is 0 Å². The van der Waals surface area contributed by atoms with Crippen LogP contribution in [0.3, 0.4) is 0 Å². The van der Waals surface area contributed by atoms with Crippen molar-refractivity contribution in [2.45, 2.75) is 0 Å². The van der Waals surface area contributed by atoms with Crippen LogP contribution in [0.15, 0.2) is 47.6 Å². The van der Waals surface area contributed by atoms with Crippen molar-refractivity contribution in [1.82, 2.24) is 24.5 Å². The molecule has 0 N–H and O–H groups in total. The molecule has 0 amide bonds. The number of aromatic nitrogens is 4. The Hall–Kier alpha value is -2.76. The van der Waals surface area contributed by atoms with Gasteiger partial charge in [-0.05, 0) is 6.07 Å². The topological polar surface area (TPSA) is 58.7 Å². The van der Waals surface area contributed by atoms with Crippen LogP contribution in [0, 0.1) is 0 Å². The Balaban J connectivity index is 2.11. The molecule has 0 saturated heterocycles. The maximum atomic E-state index is 4.38. The number of fused-ring (bicyclic) bond motifs is 1. The molecular weight excluding hydrogens is 252 g/mol. The minimum atomic E-state index is 0.398. The van der Waals surface area contributed by atoms with Crippen molar-refractivity contribution in [3.63, 3.8) is 0 Å². The first-order chi connectivity index (χ1) is 9.74. The molecule has 6 heteroatoms. The van der Waals surface area contributed by atoms with Crippen LogP contribution in [-0.4, -0.2) is 44.9 Å². The van der Waals surface area contributed by atoms with E-state index in [1.807, 2.05) is 55.4 Å². The molecule has 0 radical (unpaired) electrons. The molecule has 0 aliphatic rings. The molecule has 0 aliphatic carbocycles. The first kappa shape index (κ1) is 12.3. The van der Waals surface area contributed by atoms with Gasteiger partial charge >= 0.3 is 0 Å². The molecule has 0 bridgehead atoms. The highest BCUT2D eigenvalue weighted by Crippen LogP contribution is 2.19. The minimum Gasteiger partial charge on any atom is -0.369 e. The summed E-state index contributed by atoms with van der Waals surface area (Å²) < 4.78 is 1.71. The van der Waals surface area contributed by atoms with Gasteiger partial charge in [-0.3, -0.25) is 0 Å². The Morgan fingerprint density at radius 3 is 2.70 bits per heavy atom. The van der Waals surface area contributed by atoms with Crippen molar-refractivity contribution in [1.29, 1.82) is 0 Å². The van der Waals surface area contributed by atoms with Crippen LogP contribution in [0.4, 0.5) is 5.95 Å². The third-order valence-corrected chi connectivity index (χ3v) is 2.70. The summed E-state index contributed by atoms with van der Waals surface area (Å²) in [4.78, 5) is 14.5. The standard InChI is InChI=1S/C14H14N6/c1-19(2)10-16-13-17-14-15-9-8-12(20(14)18-13)11-6-4-3-5-7-11/h3-10H,1-2H3. The smallest absolute Gasteiger partial charge is 0.272 e. The number of rotatable bonds is 3. The maximum absolute atomic E-state index is 4.38. The van der Waals surface area contributed by atoms with E-state index in [2.05, 4.69) is 20.1 Å². The van der Waals surface area contributed by atoms with Crippen LogP contribution < -0.4 is 0 Å². The van der Waals surface area contributed by atoms with Crippen LogP contribution >= 0.6 is 0 Å². The fraction of sp³-hybridized carbons (Fsp3) is 0.143. The zero-order valence-electron chi connectivity index (χ0n) is 11.3. The molecule has 6 nitrogen and oxygen atoms in total. The molecule has 0 fully saturated rings. The predicted octanol–water partition coefficient (Wildman–Crippen LogP) is 2.01. The Kier molecular flexibility index (Phi) is 3.12. The maximum Gasteiger partial charge on any atom is 0.272 e. The van der Waals surface area contributed by atoms with E-state index in [9.17, 15) is 0 Å². The van der Waals surface area contributed by atoms with Crippen molar-refractivity contribution in [2.75, 3.05) is 14.1 Å². The largest absolute Gasteiger partial charge is 0.369 e. The van der Waals surface area contributed by atoms with Gasteiger partial charge in [0.15, 0.2) is 0 Å². The average molecular weight is 266 g/mol. The minimum absolute atomic E-state index is 0.398. The number of hydrogen-bond acceptors (Lipinski definition) is 4. The first-order valence-electron chi connectivity index (χ1n) is 6.22. The molecule has 2 aromatic heterocycles. The van der Waals surface area contributed by atoms with Gasteiger partial charge in [-0.15, -0.1) is 5.10 Å². The van der Waals surface area contributed by atoms with Gasteiger partial charge in [0, 0.05) is 25.9 Å². The van der Waals surface area contributed by atoms with Crippen molar-refractivity contribution in [3.05, 3.63) is 42.6 Å². The van der Waals surface area contributed by atoms with Crippen LogP contribution in [0.2, 0.25) is 0 Å². The van der Waals surface area contributed by atoms with E-state index in [0.29, 0.717) is 11.7 Å². The van der Waals surface area contributed by atoms with Gasteiger partial charge in [-0.25, -0.2) is 9.98 Å². The number of benzene rings is 1. The second-order valence-corrected chi connectivity index (χ2v) is 4.53. The highest BCUT2D eigenvalue weighted by molar-refractivity contribution is 5.62. The van der Waals surface area contributed by atoms with Crippen LogP contribution in [0.5, 0.6) is 0 Å². The fourth-order valence-corrected chi connectivity index (χ4v) is 1.83. The molecule has 100 valence electrons. The third kappa shape index (κ3) is 2.35. The highest BCUT2D eigenvalue weighted by atomic mass is 15.4. The summed E-state index contributed by atoms with van der Waals surface area (Å²) >= 11 is 0. The fourth-order valence-electron chi connectivity index (χ4n) is 1.83. The van der Waals surface area contributed by atoms with Crippen molar-refractivity contribution < 1.29 is 0 Å². The summed E-state index contributed by atoms with van der Waals surface area (Å²) in [5.74, 6) is 0.937. The van der Waals surface area contributed by atoms with E-state index < -0.39 is 0 Å². The molecule has 20 heavy (non-hydrogen) atoms. The summed E-state index contributed by atoms with van der Waals surface area (Å²) in [6.07, 6.45) is 3.39. The van der Waals surface area contributed by atoms with E-state index in [4.69, 9.17) is 0 Å². The number of nitrogens with zero attached hydrogens (tertiary/aromatic N) is 6. The second kappa shape index (κ2) is 5.08. The molecule has 1 aromatic carbocycles. The van der Waals surface area contributed by atoms with E-state index >= 15 is 0 Å². The number of hydrogen-bond donors (Lipinski definition) is 0. The third-order valence-electron chi connectivity index (χ3n) is 2.70. The Labute approximate surface area is 116 Å². The lowest BCUT2D eigenvalue weighted by Gasteiger charge is -2.02.